The molecule has 1 aromatic carbocycles. The van der Waals surface area contributed by atoms with Crippen molar-refractivity contribution in [2.75, 3.05) is 19.6 Å². The first-order chi connectivity index (χ1) is 14.5. The van der Waals surface area contributed by atoms with Crippen LogP contribution in [0.5, 0.6) is 0 Å². The SMILES string of the molecule is O=C1CCC(N2C(=O)c3ccc(CNCC4(C5CC5)CCNC4)cc3C2=O)C(=O)N1. The van der Waals surface area contributed by atoms with Crippen molar-refractivity contribution in [2.24, 2.45) is 11.3 Å². The molecule has 3 heterocycles. The molecule has 0 radical (unpaired) electrons. The van der Waals surface area contributed by atoms with Crippen molar-refractivity contribution in [2.45, 2.75) is 44.7 Å². The summed E-state index contributed by atoms with van der Waals surface area (Å²) in [5, 5.41) is 9.27. The van der Waals surface area contributed by atoms with Gasteiger partial charge in [0, 0.05) is 26.1 Å². The van der Waals surface area contributed by atoms with Gasteiger partial charge in [-0.25, -0.2) is 0 Å². The molecule has 4 aliphatic rings. The quantitative estimate of drug-likeness (QED) is 0.592. The number of carbonyl (C=O) groups excluding carboxylic acids is 4. The van der Waals surface area contributed by atoms with Crippen molar-refractivity contribution < 1.29 is 19.2 Å². The number of benzene rings is 1. The number of carbonyl (C=O) groups is 4. The van der Waals surface area contributed by atoms with Gasteiger partial charge in [-0.3, -0.25) is 29.4 Å². The van der Waals surface area contributed by atoms with Gasteiger partial charge in [-0.15, -0.1) is 0 Å². The first kappa shape index (κ1) is 19.4. The van der Waals surface area contributed by atoms with Crippen LogP contribution in [0.4, 0.5) is 0 Å². The van der Waals surface area contributed by atoms with E-state index in [2.05, 4.69) is 16.0 Å². The lowest BCUT2D eigenvalue weighted by molar-refractivity contribution is -0.136. The monoisotopic (exact) mass is 410 g/mol. The minimum absolute atomic E-state index is 0.122. The Morgan fingerprint density at radius 2 is 1.87 bits per heavy atom. The molecule has 3 fully saturated rings. The third-order valence-electron chi connectivity index (χ3n) is 7.03. The van der Waals surface area contributed by atoms with E-state index in [4.69, 9.17) is 0 Å². The van der Waals surface area contributed by atoms with Crippen LogP contribution in [-0.2, 0) is 16.1 Å². The van der Waals surface area contributed by atoms with E-state index in [0.717, 1.165) is 36.0 Å². The van der Waals surface area contributed by atoms with E-state index in [1.165, 1.54) is 19.3 Å². The first-order valence-electron chi connectivity index (χ1n) is 10.7. The number of rotatable bonds is 6. The van der Waals surface area contributed by atoms with E-state index in [-0.39, 0.29) is 18.7 Å². The summed E-state index contributed by atoms with van der Waals surface area (Å²) in [7, 11) is 0. The summed E-state index contributed by atoms with van der Waals surface area (Å²) in [6, 6.07) is 4.36. The number of fused-ring (bicyclic) bond motifs is 1. The highest BCUT2D eigenvalue weighted by atomic mass is 16.2. The third kappa shape index (κ3) is 3.24. The number of imide groups is 2. The summed E-state index contributed by atoms with van der Waals surface area (Å²) < 4.78 is 0. The van der Waals surface area contributed by atoms with Gasteiger partial charge in [-0.05, 0) is 61.3 Å². The molecule has 2 unspecified atom stereocenters. The van der Waals surface area contributed by atoms with Crippen molar-refractivity contribution in [3.63, 3.8) is 0 Å². The lowest BCUT2D eigenvalue weighted by Crippen LogP contribution is -2.54. The number of nitrogens with zero attached hydrogens (tertiary/aromatic N) is 1. The van der Waals surface area contributed by atoms with Crippen LogP contribution in [-0.4, -0.2) is 54.2 Å². The van der Waals surface area contributed by atoms with Crippen molar-refractivity contribution in [3.8, 4) is 0 Å². The van der Waals surface area contributed by atoms with Gasteiger partial charge in [0.15, 0.2) is 0 Å². The normalized spacial score (nSPS) is 28.8. The molecule has 2 atom stereocenters. The van der Waals surface area contributed by atoms with Gasteiger partial charge >= 0.3 is 0 Å². The standard InChI is InChI=1S/C22H26N4O4/c27-18-6-5-17(19(28)25-18)26-20(29)15-4-1-13(9-16(15)21(26)30)10-24-12-22(14-2-3-14)7-8-23-11-22/h1,4,9,14,17,23-24H,2-3,5-8,10-12H2,(H,25,27,28). The number of hydrogen-bond acceptors (Lipinski definition) is 6. The molecule has 0 spiro atoms. The van der Waals surface area contributed by atoms with Gasteiger partial charge in [0.05, 0.1) is 11.1 Å². The van der Waals surface area contributed by atoms with Crippen LogP contribution in [0.25, 0.3) is 0 Å². The van der Waals surface area contributed by atoms with Crippen molar-refractivity contribution in [3.05, 3.63) is 34.9 Å². The Morgan fingerprint density at radius 3 is 2.57 bits per heavy atom. The van der Waals surface area contributed by atoms with E-state index in [9.17, 15) is 19.2 Å². The van der Waals surface area contributed by atoms with E-state index in [0.29, 0.717) is 23.1 Å². The fraction of sp³-hybridized carbons (Fsp3) is 0.545. The molecule has 3 N–H and O–H groups in total. The molecule has 5 rings (SSSR count). The molecule has 1 aromatic rings. The molecular weight excluding hydrogens is 384 g/mol. The maximum absolute atomic E-state index is 12.9. The summed E-state index contributed by atoms with van der Waals surface area (Å²) in [5.74, 6) is -1.07. The lowest BCUT2D eigenvalue weighted by Gasteiger charge is -2.28. The molecule has 0 aromatic heterocycles. The molecule has 3 aliphatic heterocycles. The predicted molar refractivity (Wildman–Crippen MR) is 107 cm³/mol. The second-order valence-electron chi connectivity index (χ2n) is 8.99. The molecule has 2 saturated heterocycles. The van der Waals surface area contributed by atoms with Crippen LogP contribution in [0, 0.1) is 11.3 Å². The van der Waals surface area contributed by atoms with E-state index in [1.54, 1.807) is 12.1 Å². The zero-order valence-electron chi connectivity index (χ0n) is 16.8. The van der Waals surface area contributed by atoms with E-state index < -0.39 is 23.8 Å². The zero-order valence-corrected chi connectivity index (χ0v) is 16.8. The largest absolute Gasteiger partial charge is 0.316 e. The maximum Gasteiger partial charge on any atom is 0.262 e. The average Bonchev–Trinajstić information content (AvgIpc) is 3.44. The van der Waals surface area contributed by atoms with Crippen molar-refractivity contribution in [1.29, 1.82) is 0 Å². The van der Waals surface area contributed by atoms with Crippen LogP contribution in [0.1, 0.15) is 58.4 Å². The minimum atomic E-state index is -0.926. The third-order valence-corrected chi connectivity index (χ3v) is 7.03. The van der Waals surface area contributed by atoms with Crippen LogP contribution < -0.4 is 16.0 Å². The zero-order chi connectivity index (χ0) is 20.9. The van der Waals surface area contributed by atoms with E-state index >= 15 is 0 Å². The average molecular weight is 410 g/mol. The molecule has 0 bridgehead atoms. The number of nitrogens with one attached hydrogen (secondary N) is 3. The molecule has 8 heteroatoms. The van der Waals surface area contributed by atoms with E-state index in [1.807, 2.05) is 6.07 Å². The van der Waals surface area contributed by atoms with Gasteiger partial charge in [0.25, 0.3) is 11.8 Å². The fourth-order valence-corrected chi connectivity index (χ4v) is 5.19. The van der Waals surface area contributed by atoms with Gasteiger partial charge in [-0.1, -0.05) is 6.07 Å². The Labute approximate surface area is 174 Å². The number of hydrogen-bond donors (Lipinski definition) is 3. The van der Waals surface area contributed by atoms with Crippen LogP contribution in [0.15, 0.2) is 18.2 Å². The maximum atomic E-state index is 12.9. The summed E-state index contributed by atoms with van der Waals surface area (Å²) in [6.45, 7) is 3.70. The second-order valence-corrected chi connectivity index (χ2v) is 8.99. The van der Waals surface area contributed by atoms with Gasteiger partial charge in [0.2, 0.25) is 11.8 Å². The lowest BCUT2D eigenvalue weighted by atomic mass is 9.81. The Kier molecular flexibility index (Phi) is 4.71. The van der Waals surface area contributed by atoms with Crippen LogP contribution >= 0.6 is 0 Å². The Morgan fingerprint density at radius 1 is 1.07 bits per heavy atom. The summed E-state index contributed by atoms with van der Waals surface area (Å²) >= 11 is 0. The topological polar surface area (TPSA) is 108 Å². The van der Waals surface area contributed by atoms with Crippen LogP contribution in [0.3, 0.4) is 0 Å². The minimum Gasteiger partial charge on any atom is -0.316 e. The Hall–Kier alpha value is -2.58. The highest BCUT2D eigenvalue weighted by Crippen LogP contribution is 2.48. The highest BCUT2D eigenvalue weighted by molar-refractivity contribution is 6.23. The first-order valence-corrected chi connectivity index (χ1v) is 10.7. The molecule has 30 heavy (non-hydrogen) atoms. The van der Waals surface area contributed by atoms with Gasteiger partial charge in [-0.2, -0.15) is 0 Å². The van der Waals surface area contributed by atoms with Crippen molar-refractivity contribution in [1.82, 2.24) is 20.9 Å². The Balaban J connectivity index is 1.28. The Bertz CT molecular complexity index is 933. The molecule has 4 amide bonds. The summed E-state index contributed by atoms with van der Waals surface area (Å²) in [5.41, 5.74) is 1.94. The molecule has 1 saturated carbocycles. The highest BCUT2D eigenvalue weighted by Gasteiger charge is 2.47. The van der Waals surface area contributed by atoms with Gasteiger partial charge < -0.3 is 10.6 Å². The number of piperidine rings is 1. The smallest absolute Gasteiger partial charge is 0.262 e. The molecule has 158 valence electrons. The fourth-order valence-electron chi connectivity index (χ4n) is 5.19. The van der Waals surface area contributed by atoms with Gasteiger partial charge in [0.1, 0.15) is 6.04 Å². The van der Waals surface area contributed by atoms with Crippen molar-refractivity contribution >= 4 is 23.6 Å². The molecule has 8 nitrogen and oxygen atoms in total. The summed E-state index contributed by atoms with van der Waals surface area (Å²) in [4.78, 5) is 50.3. The molecular formula is C22H26N4O4. The number of amides is 4. The van der Waals surface area contributed by atoms with Crippen LogP contribution in [0.2, 0.25) is 0 Å². The predicted octanol–water partition coefficient (Wildman–Crippen LogP) is 0.567. The molecule has 1 aliphatic carbocycles. The second kappa shape index (κ2) is 7.28. The summed E-state index contributed by atoms with van der Waals surface area (Å²) in [6.07, 6.45) is 4.12.